The zero-order valence-corrected chi connectivity index (χ0v) is 17.3. The minimum Gasteiger partial charge on any atom is -0.493 e. The number of oxime groups is 1. The van der Waals surface area contributed by atoms with Gasteiger partial charge in [0.2, 0.25) is 0 Å². The van der Waals surface area contributed by atoms with Crippen LogP contribution in [0.3, 0.4) is 0 Å². The number of nitrogens with zero attached hydrogens (tertiary/aromatic N) is 1. The van der Waals surface area contributed by atoms with E-state index in [1.165, 1.54) is 18.3 Å². The highest BCUT2D eigenvalue weighted by atomic mass is 19.1. The van der Waals surface area contributed by atoms with Crippen LogP contribution in [0, 0.1) is 12.7 Å². The average Bonchev–Trinajstić information content (AvgIpc) is 2.78. The van der Waals surface area contributed by atoms with Gasteiger partial charge in [0.25, 0.3) is 5.91 Å². The van der Waals surface area contributed by atoms with Crippen molar-refractivity contribution in [3.05, 3.63) is 89.2 Å². The lowest BCUT2D eigenvalue weighted by molar-refractivity contribution is -0.120. The maximum atomic E-state index is 13.8. The number of hydrogen-bond acceptors (Lipinski definition) is 5. The van der Waals surface area contributed by atoms with Gasteiger partial charge in [-0.15, -0.1) is 0 Å². The number of methoxy groups -OCH3 is 1. The van der Waals surface area contributed by atoms with E-state index in [4.69, 9.17) is 14.3 Å². The first-order valence-corrected chi connectivity index (χ1v) is 9.61. The maximum Gasteiger partial charge on any atom is 0.265 e. The number of anilines is 1. The molecule has 0 atom stereocenters. The van der Waals surface area contributed by atoms with Gasteiger partial charge in [-0.25, -0.2) is 4.39 Å². The number of benzene rings is 3. The second kappa shape index (κ2) is 10.8. The van der Waals surface area contributed by atoms with Crippen LogP contribution in [0.2, 0.25) is 0 Å². The van der Waals surface area contributed by atoms with E-state index in [1.807, 2.05) is 30.3 Å². The van der Waals surface area contributed by atoms with E-state index in [0.717, 1.165) is 11.1 Å². The molecule has 0 saturated carbocycles. The van der Waals surface area contributed by atoms with Crippen molar-refractivity contribution in [3.63, 3.8) is 0 Å². The summed E-state index contributed by atoms with van der Waals surface area (Å²) in [6.45, 7) is 1.84. The van der Waals surface area contributed by atoms with Gasteiger partial charge in [0, 0.05) is 5.56 Å². The Kier molecular flexibility index (Phi) is 7.59. The molecule has 0 unspecified atom stereocenters. The summed E-state index contributed by atoms with van der Waals surface area (Å²) in [6.07, 6.45) is 1.45. The van der Waals surface area contributed by atoms with E-state index in [0.29, 0.717) is 23.7 Å². The summed E-state index contributed by atoms with van der Waals surface area (Å²) >= 11 is 0. The number of carbonyl (C=O) groups is 1. The third-order valence-electron chi connectivity index (χ3n) is 4.30. The average molecular weight is 422 g/mol. The largest absolute Gasteiger partial charge is 0.493 e. The Morgan fingerprint density at radius 1 is 1.06 bits per heavy atom. The zero-order chi connectivity index (χ0) is 22.1. The predicted octanol–water partition coefficient (Wildman–Crippen LogP) is 4.71. The van der Waals surface area contributed by atoms with E-state index in [1.54, 1.807) is 38.3 Å². The molecule has 1 N–H and O–H groups in total. The third kappa shape index (κ3) is 6.57. The quantitative estimate of drug-likeness (QED) is 0.401. The van der Waals surface area contributed by atoms with Crippen molar-refractivity contribution in [2.75, 3.05) is 19.0 Å². The van der Waals surface area contributed by atoms with Crippen LogP contribution < -0.4 is 14.8 Å². The van der Waals surface area contributed by atoms with Crippen LogP contribution in [-0.2, 0) is 16.2 Å². The smallest absolute Gasteiger partial charge is 0.265 e. The molecule has 0 aromatic heterocycles. The maximum absolute atomic E-state index is 13.8. The van der Waals surface area contributed by atoms with Crippen molar-refractivity contribution in [2.45, 2.75) is 13.5 Å². The number of aryl methyl sites for hydroxylation is 1. The summed E-state index contributed by atoms with van der Waals surface area (Å²) in [5.74, 6) is 0.136. The monoisotopic (exact) mass is 422 g/mol. The molecule has 7 heteroatoms. The fourth-order valence-electron chi connectivity index (χ4n) is 2.72. The lowest BCUT2D eigenvalue weighted by Gasteiger charge is -2.11. The van der Waals surface area contributed by atoms with Crippen LogP contribution in [0.5, 0.6) is 11.5 Å². The molecule has 31 heavy (non-hydrogen) atoms. The third-order valence-corrected chi connectivity index (χ3v) is 4.30. The summed E-state index contributed by atoms with van der Waals surface area (Å²) in [4.78, 5) is 16.9. The Hall–Kier alpha value is -3.87. The lowest BCUT2D eigenvalue weighted by atomic mass is 10.2. The molecular weight excluding hydrogens is 399 g/mol. The number of nitrogens with one attached hydrogen (secondary N) is 1. The molecule has 160 valence electrons. The molecule has 0 saturated heterocycles. The highest BCUT2D eigenvalue weighted by molar-refractivity contribution is 5.91. The van der Waals surface area contributed by atoms with Gasteiger partial charge in [-0.2, -0.15) is 0 Å². The molecule has 0 spiro atoms. The topological polar surface area (TPSA) is 69.2 Å². The lowest BCUT2D eigenvalue weighted by Crippen LogP contribution is -2.17. The van der Waals surface area contributed by atoms with E-state index in [9.17, 15) is 9.18 Å². The van der Waals surface area contributed by atoms with Gasteiger partial charge < -0.3 is 19.6 Å². The molecule has 0 fully saturated rings. The molecule has 0 radical (unpaired) electrons. The van der Waals surface area contributed by atoms with Gasteiger partial charge in [0.05, 0.1) is 19.0 Å². The molecule has 3 aromatic carbocycles. The van der Waals surface area contributed by atoms with E-state index < -0.39 is 11.7 Å². The first-order valence-electron chi connectivity index (χ1n) is 9.61. The minimum absolute atomic E-state index is 0.0963. The Bertz CT molecular complexity index is 1050. The number of rotatable bonds is 9. The summed E-state index contributed by atoms with van der Waals surface area (Å²) < 4.78 is 25.0. The molecule has 0 aliphatic rings. The number of carbonyl (C=O) groups excluding carboxylic acids is 1. The molecule has 0 aliphatic carbocycles. The van der Waals surface area contributed by atoms with Gasteiger partial charge >= 0.3 is 0 Å². The fraction of sp³-hybridized carbons (Fsp3) is 0.167. The molecule has 0 bridgehead atoms. The number of halogens is 1. The summed E-state index contributed by atoms with van der Waals surface area (Å²) in [7, 11) is 1.55. The number of ether oxygens (including phenoxy) is 2. The highest BCUT2D eigenvalue weighted by Crippen LogP contribution is 2.28. The van der Waals surface area contributed by atoms with E-state index in [2.05, 4.69) is 10.5 Å². The first-order chi connectivity index (χ1) is 15.0. The van der Waals surface area contributed by atoms with Crippen molar-refractivity contribution in [3.8, 4) is 11.5 Å². The summed E-state index contributed by atoms with van der Waals surface area (Å²) in [6, 6.07) is 19.7. The van der Waals surface area contributed by atoms with Crippen LogP contribution in [0.15, 0.2) is 71.9 Å². The van der Waals surface area contributed by atoms with E-state index in [-0.39, 0.29) is 12.3 Å². The van der Waals surface area contributed by atoms with Crippen LogP contribution in [-0.4, -0.2) is 25.8 Å². The molecule has 0 aliphatic heterocycles. The Morgan fingerprint density at radius 2 is 1.87 bits per heavy atom. The second-order valence-corrected chi connectivity index (χ2v) is 6.72. The molecule has 3 rings (SSSR count). The van der Waals surface area contributed by atoms with Gasteiger partial charge in [-0.3, -0.25) is 4.79 Å². The normalized spacial score (nSPS) is 10.7. The highest BCUT2D eigenvalue weighted by Gasteiger charge is 2.08. The minimum atomic E-state index is -0.512. The Balaban J connectivity index is 1.51. The Morgan fingerprint density at radius 3 is 2.61 bits per heavy atom. The molecule has 0 heterocycles. The summed E-state index contributed by atoms with van der Waals surface area (Å²) in [5, 5.41) is 6.22. The first kappa shape index (κ1) is 21.8. The van der Waals surface area contributed by atoms with Gasteiger partial charge in [-0.1, -0.05) is 41.6 Å². The second-order valence-electron chi connectivity index (χ2n) is 6.72. The van der Waals surface area contributed by atoms with Gasteiger partial charge in [0.15, 0.2) is 18.1 Å². The number of hydrogen-bond donors (Lipinski definition) is 1. The van der Waals surface area contributed by atoms with Crippen LogP contribution in [0.1, 0.15) is 16.7 Å². The van der Waals surface area contributed by atoms with Crippen LogP contribution >= 0.6 is 0 Å². The van der Waals surface area contributed by atoms with Crippen molar-refractivity contribution < 1.29 is 23.5 Å². The number of amides is 1. The van der Waals surface area contributed by atoms with Crippen molar-refractivity contribution in [1.29, 1.82) is 0 Å². The van der Waals surface area contributed by atoms with Gasteiger partial charge in [-0.05, 0) is 48.4 Å². The van der Waals surface area contributed by atoms with Crippen molar-refractivity contribution >= 4 is 17.8 Å². The molecule has 1 amide bonds. The van der Waals surface area contributed by atoms with Crippen LogP contribution in [0.4, 0.5) is 10.1 Å². The van der Waals surface area contributed by atoms with Gasteiger partial charge in [0.1, 0.15) is 12.4 Å². The molecule has 6 nitrogen and oxygen atoms in total. The van der Waals surface area contributed by atoms with Crippen molar-refractivity contribution in [2.24, 2.45) is 5.16 Å². The molecule has 3 aromatic rings. The Labute approximate surface area is 180 Å². The van der Waals surface area contributed by atoms with Crippen molar-refractivity contribution in [1.82, 2.24) is 0 Å². The fourth-order valence-corrected chi connectivity index (χ4v) is 2.72. The summed E-state index contributed by atoms with van der Waals surface area (Å²) in [5.41, 5.74) is 2.61. The standard InChI is InChI=1S/C24H23FN2O4/c1-17-8-10-21(20(25)12-17)27-24(28)16-31-26-14-19-9-11-22(23(13-19)29-2)30-15-18-6-4-3-5-7-18/h3-14H,15-16H2,1-2H3,(H,27,28)/b26-14+. The van der Waals surface area contributed by atoms with E-state index >= 15 is 0 Å². The SMILES string of the molecule is COc1cc(/C=N/OCC(=O)Nc2ccc(C)cc2F)ccc1OCc1ccccc1. The molecular formula is C24H23FN2O4. The predicted molar refractivity (Wildman–Crippen MR) is 117 cm³/mol. The van der Waals surface area contributed by atoms with Crippen LogP contribution in [0.25, 0.3) is 0 Å². The zero-order valence-electron chi connectivity index (χ0n) is 17.3.